The van der Waals surface area contributed by atoms with Crippen LogP contribution in [0.15, 0.2) is 0 Å². The summed E-state index contributed by atoms with van der Waals surface area (Å²) in [5, 5.41) is 0. The minimum Gasteiger partial charge on any atom is -0.105 e. The van der Waals surface area contributed by atoms with Crippen molar-refractivity contribution in [3.05, 3.63) is 0 Å². The molecule has 0 N–H and O–H groups in total. The molecule has 0 heterocycles. The lowest BCUT2D eigenvalue weighted by Crippen LogP contribution is -1.75. The average Bonchev–Trinajstić information content (AvgIpc) is 1.89. The predicted octanol–water partition coefficient (Wildman–Crippen LogP) is 4.40. The van der Waals surface area contributed by atoms with Crippen molar-refractivity contribution in [1.82, 2.24) is 0 Å². The quantitative estimate of drug-likeness (QED) is 0.612. The molecule has 0 nitrogen and oxygen atoms in total. The fourth-order valence-corrected chi connectivity index (χ4v) is 0. The van der Waals surface area contributed by atoms with E-state index in [1.165, 1.54) is 0 Å². The zero-order valence-electron chi connectivity index (χ0n) is 6.08. The zero-order valence-corrected chi connectivity index (χ0v) is 9.10. The van der Waals surface area contributed by atoms with Crippen LogP contribution in [0, 0.1) is 0 Å². The molecule has 0 spiro atoms. The van der Waals surface area contributed by atoms with Gasteiger partial charge in [-0.15, -0.1) is 46.4 Å². The molecule has 0 unspecified atom stereocenters. The van der Waals surface area contributed by atoms with Gasteiger partial charge in [0, 0.05) is 0 Å². The van der Waals surface area contributed by atoms with Crippen LogP contribution in [0.2, 0.25) is 0 Å². The van der Waals surface area contributed by atoms with Gasteiger partial charge >= 0.3 is 0 Å². The van der Waals surface area contributed by atoms with E-state index in [1.54, 1.807) is 0 Å². The van der Waals surface area contributed by atoms with Gasteiger partial charge in [0.1, 0.15) is 9.67 Å². The number of hydrogen-bond acceptors (Lipinski definition) is 0. The topological polar surface area (TPSA) is 0 Å². The molecule has 0 aromatic carbocycles. The summed E-state index contributed by atoms with van der Waals surface area (Å²) in [5.74, 6) is 0. The molecular formula is C6H12Cl4. The van der Waals surface area contributed by atoms with Crippen molar-refractivity contribution >= 4 is 46.4 Å². The van der Waals surface area contributed by atoms with Gasteiger partial charge in [-0.05, 0) is 12.8 Å². The molecule has 0 saturated heterocycles. The van der Waals surface area contributed by atoms with Gasteiger partial charge in [-0.3, -0.25) is 0 Å². The van der Waals surface area contributed by atoms with Gasteiger partial charge in [-0.25, -0.2) is 0 Å². The van der Waals surface area contributed by atoms with Gasteiger partial charge in [0.2, 0.25) is 0 Å². The van der Waals surface area contributed by atoms with Crippen molar-refractivity contribution in [3.63, 3.8) is 0 Å². The van der Waals surface area contributed by atoms with Crippen LogP contribution in [0.5, 0.6) is 0 Å². The molecule has 0 aliphatic heterocycles. The lowest BCUT2D eigenvalue weighted by atomic mass is 10.6. The molecule has 0 bridgehead atoms. The highest BCUT2D eigenvalue weighted by atomic mass is 35.5. The maximum atomic E-state index is 5.23. The first kappa shape index (κ1) is 13.7. The highest BCUT2D eigenvalue weighted by molar-refractivity contribution is 6.44. The van der Waals surface area contributed by atoms with Crippen LogP contribution in [0.4, 0.5) is 0 Å². The van der Waals surface area contributed by atoms with Crippen LogP contribution in [0.1, 0.15) is 26.7 Å². The van der Waals surface area contributed by atoms with Crippen molar-refractivity contribution in [1.29, 1.82) is 0 Å². The van der Waals surface area contributed by atoms with E-state index in [2.05, 4.69) is 0 Å². The van der Waals surface area contributed by atoms with Gasteiger partial charge in [-0.2, -0.15) is 0 Å². The highest BCUT2D eigenvalue weighted by Gasteiger charge is 1.86. The normalized spacial score (nSPS) is 9.60. The van der Waals surface area contributed by atoms with Crippen molar-refractivity contribution in [2.75, 3.05) is 0 Å². The second-order valence-corrected chi connectivity index (χ2v) is 4.15. The SMILES string of the molecule is CCC(Cl)Cl.CCC(Cl)Cl. The van der Waals surface area contributed by atoms with Crippen molar-refractivity contribution in [3.8, 4) is 0 Å². The Balaban J connectivity index is 0. The lowest BCUT2D eigenvalue weighted by molar-refractivity contribution is 1.04. The Bertz CT molecular complexity index is 45.7. The van der Waals surface area contributed by atoms with E-state index in [4.69, 9.17) is 46.4 Å². The third-order valence-corrected chi connectivity index (χ3v) is 1.85. The van der Waals surface area contributed by atoms with E-state index in [-0.39, 0.29) is 9.67 Å². The van der Waals surface area contributed by atoms with Crippen LogP contribution in [-0.4, -0.2) is 9.67 Å². The maximum absolute atomic E-state index is 5.23. The van der Waals surface area contributed by atoms with E-state index in [1.807, 2.05) is 13.8 Å². The predicted molar refractivity (Wildman–Crippen MR) is 51.6 cm³/mol. The molecule has 0 atom stereocenters. The highest BCUT2D eigenvalue weighted by Crippen LogP contribution is 2.03. The molecule has 4 heteroatoms. The Labute approximate surface area is 82.8 Å². The number of halogens is 4. The minimum atomic E-state index is -0.171. The summed E-state index contributed by atoms with van der Waals surface area (Å²) in [6.07, 6.45) is 1.67. The molecule has 0 amide bonds. The van der Waals surface area contributed by atoms with Gasteiger partial charge in [0.25, 0.3) is 0 Å². The monoisotopic (exact) mass is 224 g/mol. The molecular weight excluding hydrogens is 214 g/mol. The van der Waals surface area contributed by atoms with Gasteiger partial charge in [0.05, 0.1) is 0 Å². The van der Waals surface area contributed by atoms with Crippen LogP contribution >= 0.6 is 46.4 Å². The summed E-state index contributed by atoms with van der Waals surface area (Å²) in [6.45, 7) is 3.87. The summed E-state index contributed by atoms with van der Waals surface area (Å²) in [6, 6.07) is 0. The Morgan fingerprint density at radius 2 is 0.900 bits per heavy atom. The number of rotatable bonds is 2. The molecule has 0 rings (SSSR count). The molecule has 0 fully saturated rings. The molecule has 0 aliphatic carbocycles. The van der Waals surface area contributed by atoms with Crippen LogP contribution in [0.3, 0.4) is 0 Å². The Morgan fingerprint density at radius 3 is 0.900 bits per heavy atom. The minimum absolute atomic E-state index is 0.171. The maximum Gasteiger partial charge on any atom is 0.107 e. The number of alkyl halides is 4. The van der Waals surface area contributed by atoms with E-state index in [9.17, 15) is 0 Å². The van der Waals surface area contributed by atoms with E-state index in [0.29, 0.717) is 0 Å². The largest absolute Gasteiger partial charge is 0.107 e. The van der Waals surface area contributed by atoms with Crippen LogP contribution < -0.4 is 0 Å². The van der Waals surface area contributed by atoms with Crippen molar-refractivity contribution in [2.24, 2.45) is 0 Å². The number of hydrogen-bond donors (Lipinski definition) is 0. The van der Waals surface area contributed by atoms with Gasteiger partial charge < -0.3 is 0 Å². The molecule has 64 valence electrons. The van der Waals surface area contributed by atoms with Gasteiger partial charge in [-0.1, -0.05) is 13.8 Å². The smallest absolute Gasteiger partial charge is 0.105 e. The van der Waals surface area contributed by atoms with Crippen LogP contribution in [0.25, 0.3) is 0 Å². The van der Waals surface area contributed by atoms with E-state index in [0.717, 1.165) is 12.8 Å². The zero-order chi connectivity index (χ0) is 8.57. The molecule has 0 aliphatic rings. The summed E-state index contributed by atoms with van der Waals surface area (Å²) >= 11 is 20.9. The Hall–Kier alpha value is 1.16. The lowest BCUT2D eigenvalue weighted by Gasteiger charge is -1.84. The summed E-state index contributed by atoms with van der Waals surface area (Å²) < 4.78 is 0. The molecule has 0 aromatic heterocycles. The van der Waals surface area contributed by atoms with Crippen molar-refractivity contribution < 1.29 is 0 Å². The summed E-state index contributed by atoms with van der Waals surface area (Å²) in [5.41, 5.74) is 0. The first-order valence-corrected chi connectivity index (χ1v) is 4.85. The first-order chi connectivity index (χ1) is 4.54. The first-order valence-electron chi connectivity index (χ1n) is 3.10. The fourth-order valence-electron chi connectivity index (χ4n) is 0. The molecule has 0 aromatic rings. The van der Waals surface area contributed by atoms with Gasteiger partial charge in [0.15, 0.2) is 0 Å². The third-order valence-electron chi connectivity index (χ3n) is 0.617. The Kier molecular flexibility index (Phi) is 13.9. The average molecular weight is 226 g/mol. The fraction of sp³-hybridized carbons (Fsp3) is 1.00. The second kappa shape index (κ2) is 10.2. The van der Waals surface area contributed by atoms with Crippen LogP contribution in [-0.2, 0) is 0 Å². The molecule has 0 saturated carbocycles. The summed E-state index contributed by atoms with van der Waals surface area (Å²) in [7, 11) is 0. The van der Waals surface area contributed by atoms with E-state index >= 15 is 0 Å². The Morgan fingerprint density at radius 1 is 0.800 bits per heavy atom. The molecule has 0 radical (unpaired) electrons. The van der Waals surface area contributed by atoms with E-state index < -0.39 is 0 Å². The second-order valence-electron chi connectivity index (χ2n) is 1.60. The molecule has 10 heavy (non-hydrogen) atoms. The van der Waals surface area contributed by atoms with Crippen molar-refractivity contribution in [2.45, 2.75) is 36.4 Å². The standard InChI is InChI=1S/2C3H6Cl2/c2*1-2-3(4)5/h2*3H,2H2,1H3. The summed E-state index contributed by atoms with van der Waals surface area (Å²) in [4.78, 5) is -0.343. The third kappa shape index (κ3) is 22.9.